The highest BCUT2D eigenvalue weighted by molar-refractivity contribution is 6.09. The number of aromatic nitrogens is 2. The third-order valence-corrected chi connectivity index (χ3v) is 24.1. The molecule has 0 saturated heterocycles. The van der Waals surface area contributed by atoms with Crippen molar-refractivity contribution in [3.8, 4) is 123 Å². The van der Waals surface area contributed by atoms with Gasteiger partial charge in [-0.3, -0.25) is 0 Å². The standard InChI is InChI=1S/C118H98N4/c1-116(2,3)93-72-100(119(96-62-40-64-98(78-96)121-110(85-50-26-14-27-51-85)102-66-34-35-67-103(102)111(121)86-52-28-15-29-53-86)114-106(83-46-22-12-23-47-83)74-94(117(4,5)6)76-108(114)91-60-38-58-89(70-91)81-42-18-10-19-43-81)80-101(73-93)120(97-63-41-65-99(79-97)122-112(87-54-30-16-31-55-87)104-68-36-37-69-105(104)113(122)88-56-32-17-33-57-88)115-107(84-48-24-13-25-49-84)75-95(118(7,8)9)77-109(115)92-61-39-59-90(71-92)82-44-20-11-21-45-82/h10-80H,1-9H3. The van der Waals surface area contributed by atoms with Gasteiger partial charge in [-0.2, -0.15) is 0 Å². The lowest BCUT2D eigenvalue weighted by Gasteiger charge is -2.36. The van der Waals surface area contributed by atoms with Gasteiger partial charge in [-0.15, -0.1) is 0 Å². The quantitative estimate of drug-likeness (QED) is 0.0851. The fraction of sp³-hybridized carbons (Fsp3) is 0.102. The second kappa shape index (κ2) is 32.3. The Labute approximate surface area is 718 Å². The Balaban J connectivity index is 0.981. The van der Waals surface area contributed by atoms with Crippen molar-refractivity contribution in [3.05, 3.63) is 447 Å². The van der Waals surface area contributed by atoms with Gasteiger partial charge >= 0.3 is 0 Å². The Morgan fingerprint density at radius 2 is 0.402 bits per heavy atom. The van der Waals surface area contributed by atoms with Gasteiger partial charge in [0.25, 0.3) is 0 Å². The van der Waals surface area contributed by atoms with E-state index >= 15 is 0 Å². The summed E-state index contributed by atoms with van der Waals surface area (Å²) in [5, 5.41) is 4.69. The number of hydrogen-bond donors (Lipinski definition) is 0. The normalized spacial score (nSPS) is 11.8. The third kappa shape index (κ3) is 14.9. The summed E-state index contributed by atoms with van der Waals surface area (Å²) in [7, 11) is 0. The Bertz CT molecular complexity index is 6440. The Kier molecular flexibility index (Phi) is 20.5. The number of rotatable bonds is 18. The van der Waals surface area contributed by atoms with Crippen molar-refractivity contribution < 1.29 is 0 Å². The van der Waals surface area contributed by atoms with Gasteiger partial charge in [0.2, 0.25) is 0 Å². The lowest BCUT2D eigenvalue weighted by molar-refractivity contribution is 0.590. The molecule has 590 valence electrons. The van der Waals surface area contributed by atoms with Crippen molar-refractivity contribution in [1.82, 2.24) is 9.13 Å². The summed E-state index contributed by atoms with van der Waals surface area (Å²) in [5.41, 5.74) is 33.0. The lowest BCUT2D eigenvalue weighted by atomic mass is 9.81. The molecule has 0 unspecified atom stereocenters. The average Bonchev–Trinajstić information content (AvgIpc) is 1.27. The zero-order valence-corrected chi connectivity index (χ0v) is 70.8. The summed E-state index contributed by atoms with van der Waals surface area (Å²) in [6.45, 7) is 21.3. The molecule has 0 aliphatic rings. The average molecular weight is 1570 g/mol. The molecule has 17 aromatic carbocycles. The topological polar surface area (TPSA) is 16.3 Å². The van der Waals surface area contributed by atoms with E-state index in [1.54, 1.807) is 0 Å². The van der Waals surface area contributed by atoms with Crippen LogP contribution in [0.25, 0.3) is 145 Å². The zero-order valence-electron chi connectivity index (χ0n) is 70.8. The molecule has 0 N–H and O–H groups in total. The SMILES string of the molecule is CC(C)(C)c1cc(N(c2cccc(-n3c(-c4ccccc4)c4ccccc4c3-c3ccccc3)c2)c2c(-c3ccccc3)cc(C(C)(C)C)cc2-c2cccc(-c3ccccc3)c2)cc(N(c2cccc(-n3c(-c4ccccc4)c4ccccc4c3-c3ccccc3)c2)c2c(-c3ccccc3)cc(C(C)(C)C)cc2-c2cccc(-c3ccccc3)c2)c1. The summed E-state index contributed by atoms with van der Waals surface area (Å²) in [6, 6.07) is 161. The number of hydrogen-bond acceptors (Lipinski definition) is 2. The molecule has 0 aliphatic heterocycles. The third-order valence-electron chi connectivity index (χ3n) is 24.1. The van der Waals surface area contributed by atoms with Gasteiger partial charge < -0.3 is 18.9 Å². The summed E-state index contributed by atoms with van der Waals surface area (Å²) < 4.78 is 5.07. The van der Waals surface area contributed by atoms with Crippen molar-refractivity contribution in [1.29, 1.82) is 0 Å². The molecule has 2 heterocycles. The molecule has 0 aliphatic carbocycles. The van der Waals surface area contributed by atoms with E-state index in [0.29, 0.717) is 0 Å². The van der Waals surface area contributed by atoms with Gasteiger partial charge in [0.05, 0.1) is 34.2 Å². The van der Waals surface area contributed by atoms with E-state index in [4.69, 9.17) is 0 Å². The van der Waals surface area contributed by atoms with Crippen LogP contribution < -0.4 is 9.80 Å². The maximum atomic E-state index is 2.64. The van der Waals surface area contributed by atoms with E-state index < -0.39 is 5.41 Å². The monoisotopic (exact) mass is 1570 g/mol. The maximum absolute atomic E-state index is 2.64. The molecule has 2 aromatic heterocycles. The van der Waals surface area contributed by atoms with Gasteiger partial charge in [-0.25, -0.2) is 0 Å². The molecule has 0 radical (unpaired) electrons. The fourth-order valence-corrected chi connectivity index (χ4v) is 17.9. The van der Waals surface area contributed by atoms with Crippen LogP contribution >= 0.6 is 0 Å². The van der Waals surface area contributed by atoms with Gasteiger partial charge in [0, 0.05) is 77.9 Å². The van der Waals surface area contributed by atoms with Crippen LogP contribution in [0.4, 0.5) is 34.1 Å². The smallest absolute Gasteiger partial charge is 0.0618 e. The zero-order chi connectivity index (χ0) is 83.2. The molecular weight excluding hydrogens is 1470 g/mol. The fourth-order valence-electron chi connectivity index (χ4n) is 17.9. The summed E-state index contributed by atoms with van der Waals surface area (Å²) in [4.78, 5) is 5.27. The first kappa shape index (κ1) is 77.3. The second-order valence-corrected chi connectivity index (χ2v) is 35.3. The molecule has 19 rings (SSSR count). The molecule has 0 bridgehead atoms. The molecule has 122 heavy (non-hydrogen) atoms. The molecule has 0 saturated carbocycles. The van der Waals surface area contributed by atoms with Crippen molar-refractivity contribution in [2.24, 2.45) is 0 Å². The summed E-state index contributed by atoms with van der Waals surface area (Å²) in [5.74, 6) is 0. The van der Waals surface area contributed by atoms with E-state index in [-0.39, 0.29) is 10.8 Å². The van der Waals surface area contributed by atoms with Crippen LogP contribution in [0, 0.1) is 0 Å². The van der Waals surface area contributed by atoms with Crippen molar-refractivity contribution in [2.75, 3.05) is 9.80 Å². The highest BCUT2D eigenvalue weighted by Gasteiger charge is 2.34. The molecule has 0 atom stereocenters. The first-order valence-electron chi connectivity index (χ1n) is 42.7. The van der Waals surface area contributed by atoms with E-state index in [1.165, 1.54) is 32.7 Å². The molecular formula is C118H98N4. The van der Waals surface area contributed by atoms with Crippen molar-refractivity contribution in [3.63, 3.8) is 0 Å². The number of fused-ring (bicyclic) bond motifs is 2. The number of nitrogens with zero attached hydrogens (tertiary/aromatic N) is 4. The van der Waals surface area contributed by atoms with Gasteiger partial charge in [-0.05, 0) is 191 Å². The highest BCUT2D eigenvalue weighted by atomic mass is 15.2. The first-order chi connectivity index (χ1) is 59.4. The molecule has 4 heteroatoms. The molecule has 0 fully saturated rings. The van der Waals surface area contributed by atoms with E-state index in [2.05, 4.69) is 512 Å². The molecule has 0 spiro atoms. The number of anilines is 6. The van der Waals surface area contributed by atoms with Crippen LogP contribution in [0.5, 0.6) is 0 Å². The lowest BCUT2D eigenvalue weighted by Crippen LogP contribution is -2.20. The van der Waals surface area contributed by atoms with Crippen LogP contribution in [0.15, 0.2) is 431 Å². The van der Waals surface area contributed by atoms with E-state index in [1.807, 2.05) is 0 Å². The van der Waals surface area contributed by atoms with Crippen molar-refractivity contribution >= 4 is 55.7 Å². The van der Waals surface area contributed by atoms with Crippen LogP contribution in [0.1, 0.15) is 79.0 Å². The minimum absolute atomic E-state index is 0.278. The highest BCUT2D eigenvalue weighted by Crippen LogP contribution is 2.56. The summed E-state index contributed by atoms with van der Waals surface area (Å²) >= 11 is 0. The first-order valence-corrected chi connectivity index (χ1v) is 42.7. The van der Waals surface area contributed by atoms with E-state index in [0.717, 1.165) is 163 Å². The van der Waals surface area contributed by atoms with Gasteiger partial charge in [-0.1, -0.05) is 402 Å². The van der Waals surface area contributed by atoms with Crippen LogP contribution in [0.2, 0.25) is 0 Å². The van der Waals surface area contributed by atoms with Gasteiger partial charge in [0.15, 0.2) is 0 Å². The molecule has 4 nitrogen and oxygen atoms in total. The van der Waals surface area contributed by atoms with E-state index in [9.17, 15) is 0 Å². The van der Waals surface area contributed by atoms with Crippen LogP contribution in [0.3, 0.4) is 0 Å². The summed E-state index contributed by atoms with van der Waals surface area (Å²) in [6.07, 6.45) is 0. The Hall–Kier alpha value is -14.6. The number of benzene rings is 17. The second-order valence-electron chi connectivity index (χ2n) is 35.3. The Morgan fingerprint density at radius 1 is 0.172 bits per heavy atom. The predicted octanol–water partition coefficient (Wildman–Crippen LogP) is 33.1. The van der Waals surface area contributed by atoms with Crippen LogP contribution in [-0.2, 0) is 16.2 Å². The Morgan fingerprint density at radius 3 is 0.689 bits per heavy atom. The predicted molar refractivity (Wildman–Crippen MR) is 520 cm³/mol. The minimum Gasteiger partial charge on any atom is -0.309 e. The van der Waals surface area contributed by atoms with Crippen LogP contribution in [-0.4, -0.2) is 9.13 Å². The molecule has 19 aromatic rings. The van der Waals surface area contributed by atoms with Gasteiger partial charge in [0.1, 0.15) is 0 Å². The van der Waals surface area contributed by atoms with Crippen molar-refractivity contribution in [2.45, 2.75) is 78.6 Å². The largest absolute Gasteiger partial charge is 0.309 e. The molecule has 0 amide bonds. The maximum Gasteiger partial charge on any atom is 0.0618 e. The minimum atomic E-state index is -0.441.